The molecule has 0 aliphatic rings. The highest BCUT2D eigenvalue weighted by atomic mass is 32.1. The molecule has 6 heteroatoms. The Morgan fingerprint density at radius 2 is 2.27 bits per heavy atom. The van der Waals surface area contributed by atoms with Gasteiger partial charge in [0.2, 0.25) is 0 Å². The molecule has 76 valence electrons. The highest BCUT2D eigenvalue weighted by Gasteiger charge is 2.01. The first kappa shape index (κ1) is 9.72. The Kier molecular flexibility index (Phi) is 2.68. The van der Waals surface area contributed by atoms with Crippen molar-refractivity contribution in [2.45, 2.75) is 6.42 Å². The van der Waals surface area contributed by atoms with E-state index in [1.807, 2.05) is 0 Å². The van der Waals surface area contributed by atoms with Crippen LogP contribution in [0.4, 0.5) is 0 Å². The maximum absolute atomic E-state index is 11.5. The minimum Gasteiger partial charge on any atom is -0.338 e. The van der Waals surface area contributed by atoms with E-state index in [1.165, 1.54) is 0 Å². The van der Waals surface area contributed by atoms with E-state index in [0.717, 1.165) is 5.69 Å². The van der Waals surface area contributed by atoms with Crippen LogP contribution in [0.15, 0.2) is 29.6 Å². The molecule has 2 heterocycles. The molecule has 0 amide bonds. The standard InChI is InChI=1S/C9H8N4OS/c14-8-6(4-12-9(15)13-8)3-7-5-10-1-2-11-7/h1-2,4-5H,3H2,(H2,12,13,14,15). The van der Waals surface area contributed by atoms with E-state index in [0.29, 0.717) is 16.8 Å². The van der Waals surface area contributed by atoms with Crippen molar-refractivity contribution in [3.8, 4) is 0 Å². The lowest BCUT2D eigenvalue weighted by atomic mass is 10.2. The highest BCUT2D eigenvalue weighted by molar-refractivity contribution is 7.71. The van der Waals surface area contributed by atoms with Crippen LogP contribution in [0.5, 0.6) is 0 Å². The van der Waals surface area contributed by atoms with Gasteiger partial charge in [-0.2, -0.15) is 0 Å². The quantitative estimate of drug-likeness (QED) is 0.734. The lowest BCUT2D eigenvalue weighted by molar-refractivity contribution is 0.966. The summed E-state index contributed by atoms with van der Waals surface area (Å²) in [6.45, 7) is 0. The second-order valence-corrected chi connectivity index (χ2v) is 3.38. The van der Waals surface area contributed by atoms with Crippen molar-refractivity contribution >= 4 is 12.2 Å². The molecule has 0 atom stereocenters. The zero-order valence-corrected chi connectivity index (χ0v) is 8.54. The summed E-state index contributed by atoms with van der Waals surface area (Å²) in [5.74, 6) is 0. The predicted molar refractivity (Wildman–Crippen MR) is 57.1 cm³/mol. The number of rotatable bonds is 2. The minimum absolute atomic E-state index is 0.190. The maximum Gasteiger partial charge on any atom is 0.255 e. The van der Waals surface area contributed by atoms with E-state index in [1.54, 1.807) is 24.8 Å². The van der Waals surface area contributed by atoms with E-state index in [9.17, 15) is 4.79 Å². The van der Waals surface area contributed by atoms with Gasteiger partial charge in [0, 0.05) is 36.8 Å². The van der Waals surface area contributed by atoms with Crippen LogP contribution in [0.2, 0.25) is 0 Å². The summed E-state index contributed by atoms with van der Waals surface area (Å²) in [7, 11) is 0. The second kappa shape index (κ2) is 4.14. The van der Waals surface area contributed by atoms with Gasteiger partial charge >= 0.3 is 0 Å². The van der Waals surface area contributed by atoms with Gasteiger partial charge in [-0.05, 0) is 12.2 Å². The van der Waals surface area contributed by atoms with Crippen LogP contribution in [-0.4, -0.2) is 19.9 Å². The van der Waals surface area contributed by atoms with E-state index in [-0.39, 0.29) is 5.56 Å². The topological polar surface area (TPSA) is 74.4 Å². The molecular weight excluding hydrogens is 212 g/mol. The predicted octanol–water partition coefficient (Wildman–Crippen LogP) is 0.813. The molecule has 0 saturated heterocycles. The molecule has 2 rings (SSSR count). The number of hydrogen-bond donors (Lipinski definition) is 2. The van der Waals surface area contributed by atoms with E-state index in [2.05, 4.69) is 19.9 Å². The lowest BCUT2D eigenvalue weighted by Gasteiger charge is -1.98. The third-order valence-electron chi connectivity index (χ3n) is 1.88. The molecule has 0 aromatic carbocycles. The number of aromatic amines is 2. The Hall–Kier alpha value is -1.82. The number of nitrogens with one attached hydrogen (secondary N) is 2. The Morgan fingerprint density at radius 1 is 1.40 bits per heavy atom. The molecule has 0 spiro atoms. The molecular formula is C9H8N4OS. The van der Waals surface area contributed by atoms with Gasteiger partial charge in [0.05, 0.1) is 5.69 Å². The molecule has 0 saturated carbocycles. The van der Waals surface area contributed by atoms with Gasteiger partial charge in [-0.15, -0.1) is 0 Å². The largest absolute Gasteiger partial charge is 0.338 e. The van der Waals surface area contributed by atoms with Gasteiger partial charge < -0.3 is 4.98 Å². The summed E-state index contributed by atoms with van der Waals surface area (Å²) >= 11 is 4.78. The molecule has 15 heavy (non-hydrogen) atoms. The van der Waals surface area contributed by atoms with Gasteiger partial charge in [-0.25, -0.2) is 0 Å². The maximum atomic E-state index is 11.5. The molecule has 2 aromatic rings. The number of hydrogen-bond acceptors (Lipinski definition) is 4. The molecule has 0 fully saturated rings. The van der Waals surface area contributed by atoms with E-state index in [4.69, 9.17) is 12.2 Å². The van der Waals surface area contributed by atoms with Crippen molar-refractivity contribution in [1.82, 2.24) is 19.9 Å². The zero-order valence-electron chi connectivity index (χ0n) is 7.73. The lowest BCUT2D eigenvalue weighted by Crippen LogP contribution is -2.14. The van der Waals surface area contributed by atoms with Gasteiger partial charge in [-0.3, -0.25) is 19.7 Å². The number of H-pyrrole nitrogens is 2. The van der Waals surface area contributed by atoms with Crippen LogP contribution in [0.1, 0.15) is 11.3 Å². The Morgan fingerprint density at radius 3 is 2.93 bits per heavy atom. The summed E-state index contributed by atoms with van der Waals surface area (Å²) in [6.07, 6.45) is 6.84. The number of nitrogens with zero attached hydrogens (tertiary/aromatic N) is 2. The van der Waals surface area contributed by atoms with Crippen molar-refractivity contribution in [3.05, 3.63) is 51.2 Å². The normalized spacial score (nSPS) is 10.1. The van der Waals surface area contributed by atoms with Gasteiger partial charge in [0.1, 0.15) is 0 Å². The molecule has 2 aromatic heterocycles. The van der Waals surface area contributed by atoms with Gasteiger partial charge in [-0.1, -0.05) is 0 Å². The SMILES string of the molecule is O=c1[nH]c(=S)[nH]cc1Cc1cnccn1. The summed E-state index contributed by atoms with van der Waals surface area (Å²) in [5.41, 5.74) is 1.14. The Bertz CT molecular complexity index is 560. The third-order valence-corrected chi connectivity index (χ3v) is 2.10. The second-order valence-electron chi connectivity index (χ2n) is 2.97. The molecule has 0 aliphatic heterocycles. The van der Waals surface area contributed by atoms with Crippen molar-refractivity contribution in [3.63, 3.8) is 0 Å². The van der Waals surface area contributed by atoms with Crippen molar-refractivity contribution < 1.29 is 0 Å². The summed E-state index contributed by atoms with van der Waals surface area (Å²) in [5, 5.41) is 0. The van der Waals surface area contributed by atoms with Crippen LogP contribution in [0.25, 0.3) is 0 Å². The van der Waals surface area contributed by atoms with Crippen LogP contribution in [0, 0.1) is 4.77 Å². The van der Waals surface area contributed by atoms with Crippen LogP contribution >= 0.6 is 12.2 Å². The Balaban J connectivity index is 2.33. The average Bonchev–Trinajstić information content (AvgIpc) is 2.24. The fraction of sp³-hybridized carbons (Fsp3) is 0.111. The molecule has 0 unspecified atom stereocenters. The molecule has 5 nitrogen and oxygen atoms in total. The Labute approximate surface area is 90.3 Å². The smallest absolute Gasteiger partial charge is 0.255 e. The molecule has 0 aliphatic carbocycles. The fourth-order valence-electron chi connectivity index (χ4n) is 1.19. The first-order chi connectivity index (χ1) is 7.25. The highest BCUT2D eigenvalue weighted by Crippen LogP contribution is 1.98. The van der Waals surface area contributed by atoms with Gasteiger partial charge in [0.15, 0.2) is 4.77 Å². The van der Waals surface area contributed by atoms with Crippen LogP contribution in [0.3, 0.4) is 0 Å². The van der Waals surface area contributed by atoms with E-state index >= 15 is 0 Å². The molecule has 0 bridgehead atoms. The van der Waals surface area contributed by atoms with Gasteiger partial charge in [0.25, 0.3) is 5.56 Å². The molecule has 2 N–H and O–H groups in total. The van der Waals surface area contributed by atoms with Crippen molar-refractivity contribution in [2.24, 2.45) is 0 Å². The van der Waals surface area contributed by atoms with Crippen molar-refractivity contribution in [1.29, 1.82) is 0 Å². The number of aromatic nitrogens is 4. The minimum atomic E-state index is -0.190. The average molecular weight is 220 g/mol. The first-order valence-corrected chi connectivity index (χ1v) is 4.72. The van der Waals surface area contributed by atoms with E-state index < -0.39 is 0 Å². The monoisotopic (exact) mass is 220 g/mol. The summed E-state index contributed by atoms with van der Waals surface area (Å²) in [6, 6.07) is 0. The fourth-order valence-corrected chi connectivity index (χ4v) is 1.34. The third kappa shape index (κ3) is 2.35. The van der Waals surface area contributed by atoms with Crippen molar-refractivity contribution in [2.75, 3.05) is 0 Å². The van der Waals surface area contributed by atoms with Crippen LogP contribution in [-0.2, 0) is 6.42 Å². The summed E-state index contributed by atoms with van der Waals surface area (Å²) < 4.78 is 0.322. The first-order valence-electron chi connectivity index (χ1n) is 4.31. The summed E-state index contributed by atoms with van der Waals surface area (Å²) in [4.78, 5) is 24.7. The molecule has 0 radical (unpaired) electrons. The zero-order chi connectivity index (χ0) is 10.7. The van der Waals surface area contributed by atoms with Crippen LogP contribution < -0.4 is 5.56 Å².